The largest absolute Gasteiger partial charge is 0.398 e. The van der Waals surface area contributed by atoms with E-state index in [-0.39, 0.29) is 5.78 Å². The number of rotatable bonds is 2. The molecule has 0 fully saturated rings. The van der Waals surface area contributed by atoms with Gasteiger partial charge in [0.25, 0.3) is 0 Å². The third kappa shape index (κ3) is 2.75. The summed E-state index contributed by atoms with van der Waals surface area (Å²) in [5.74, 6) is -0.00287. The number of benzene rings is 2. The second-order valence-electron chi connectivity index (χ2n) is 4.00. The predicted molar refractivity (Wildman–Crippen MR) is 85.9 cm³/mol. The summed E-state index contributed by atoms with van der Waals surface area (Å²) in [6, 6.07) is 11.1. The lowest BCUT2D eigenvalue weighted by Crippen LogP contribution is -2.06. The van der Waals surface area contributed by atoms with Crippen LogP contribution in [-0.4, -0.2) is 5.78 Å². The van der Waals surface area contributed by atoms with Gasteiger partial charge in [-0.3, -0.25) is 4.79 Å². The zero-order valence-electron chi connectivity index (χ0n) is 9.71. The Hall–Kier alpha value is -0.880. The quantitative estimate of drug-likeness (QED) is 0.454. The van der Waals surface area contributed by atoms with Gasteiger partial charge in [-0.25, -0.2) is 0 Å². The van der Waals surface area contributed by atoms with Crippen LogP contribution in [0.4, 0.5) is 5.69 Å². The van der Waals surface area contributed by atoms with Gasteiger partial charge < -0.3 is 5.73 Å². The molecule has 2 nitrogen and oxygen atoms in total. The average Bonchev–Trinajstić information content (AvgIpc) is 2.34. The number of hydrogen-bond donors (Lipinski definition) is 1. The Kier molecular flexibility index (Phi) is 4.07. The molecule has 0 heterocycles. The number of carbonyl (C=O) groups excluding carboxylic acids is 1. The maximum absolute atomic E-state index is 12.4. The maximum atomic E-state index is 12.4. The minimum absolute atomic E-state index is 0.00287. The summed E-state index contributed by atoms with van der Waals surface area (Å²) in [6.45, 7) is 1.86. The number of carbonyl (C=O) groups is 1. The molecule has 0 amide bonds. The molecule has 0 bridgehead atoms. The van der Waals surface area contributed by atoms with Crippen LogP contribution in [0.2, 0.25) is 0 Å². The van der Waals surface area contributed by atoms with Crippen molar-refractivity contribution in [3.63, 3.8) is 0 Å². The van der Waals surface area contributed by atoms with Gasteiger partial charge in [-0.1, -0.05) is 15.9 Å². The molecule has 0 aromatic heterocycles. The summed E-state index contributed by atoms with van der Waals surface area (Å²) in [6.07, 6.45) is 0. The van der Waals surface area contributed by atoms with Crippen LogP contribution in [0.3, 0.4) is 0 Å². The summed E-state index contributed by atoms with van der Waals surface area (Å²) in [5, 5.41) is 0. The SMILES string of the molecule is Cc1c(N)cc(Br)cc1C(=O)c1ccc(I)cc1. The number of anilines is 1. The van der Waals surface area contributed by atoms with Gasteiger partial charge in [0.15, 0.2) is 5.78 Å². The molecule has 4 heteroatoms. The number of hydrogen-bond acceptors (Lipinski definition) is 2. The van der Waals surface area contributed by atoms with E-state index in [9.17, 15) is 4.79 Å². The van der Waals surface area contributed by atoms with Crippen molar-refractivity contribution in [2.45, 2.75) is 6.92 Å². The van der Waals surface area contributed by atoms with E-state index in [1.165, 1.54) is 0 Å². The van der Waals surface area contributed by atoms with Crippen LogP contribution in [-0.2, 0) is 0 Å². The number of nitrogens with two attached hydrogens (primary N) is 1. The van der Waals surface area contributed by atoms with E-state index >= 15 is 0 Å². The van der Waals surface area contributed by atoms with Crippen LogP contribution >= 0.6 is 38.5 Å². The molecule has 0 spiro atoms. The first-order chi connectivity index (χ1) is 8.49. The number of ketones is 1. The lowest BCUT2D eigenvalue weighted by Gasteiger charge is -2.09. The highest BCUT2D eigenvalue weighted by atomic mass is 127. The Morgan fingerprint density at radius 1 is 1.22 bits per heavy atom. The molecule has 0 aliphatic rings. The van der Waals surface area contributed by atoms with Crippen LogP contribution in [0.5, 0.6) is 0 Å². The number of nitrogen functional groups attached to an aromatic ring is 1. The van der Waals surface area contributed by atoms with Gasteiger partial charge in [0.05, 0.1) is 0 Å². The smallest absolute Gasteiger partial charge is 0.193 e. The molecule has 0 saturated heterocycles. The Labute approximate surface area is 128 Å². The fourth-order valence-corrected chi connectivity index (χ4v) is 2.53. The van der Waals surface area contributed by atoms with E-state index in [0.29, 0.717) is 16.8 Å². The summed E-state index contributed by atoms with van der Waals surface area (Å²) in [5.41, 5.74) is 8.64. The molecule has 92 valence electrons. The molecule has 0 atom stereocenters. The van der Waals surface area contributed by atoms with Crippen LogP contribution < -0.4 is 5.73 Å². The molecule has 2 N–H and O–H groups in total. The summed E-state index contributed by atoms with van der Waals surface area (Å²) >= 11 is 5.58. The van der Waals surface area contributed by atoms with E-state index < -0.39 is 0 Å². The second-order valence-corrected chi connectivity index (χ2v) is 6.16. The standard InChI is InChI=1S/C14H11BrINO/c1-8-12(6-10(15)7-13(8)17)14(18)9-2-4-11(16)5-3-9/h2-7H,17H2,1H3. The van der Waals surface area contributed by atoms with Crippen molar-refractivity contribution in [3.05, 3.63) is 61.1 Å². The maximum Gasteiger partial charge on any atom is 0.193 e. The normalized spacial score (nSPS) is 10.4. The molecule has 0 aliphatic carbocycles. The first-order valence-electron chi connectivity index (χ1n) is 5.35. The van der Waals surface area contributed by atoms with Crippen molar-refractivity contribution >= 4 is 50.0 Å². The van der Waals surface area contributed by atoms with E-state index in [1.54, 1.807) is 6.07 Å². The zero-order chi connectivity index (χ0) is 13.3. The summed E-state index contributed by atoms with van der Waals surface area (Å²) in [4.78, 5) is 12.4. The molecule has 2 rings (SSSR count). The van der Waals surface area contributed by atoms with Crippen LogP contribution in [0.25, 0.3) is 0 Å². The van der Waals surface area contributed by atoms with Crippen LogP contribution in [0, 0.1) is 10.5 Å². The van der Waals surface area contributed by atoms with Gasteiger partial charge in [0.1, 0.15) is 0 Å². The molecule has 0 radical (unpaired) electrons. The van der Waals surface area contributed by atoms with Gasteiger partial charge in [0, 0.05) is 24.9 Å². The molecular formula is C14H11BrINO. The van der Waals surface area contributed by atoms with Crippen molar-refractivity contribution in [2.24, 2.45) is 0 Å². The topological polar surface area (TPSA) is 43.1 Å². The predicted octanol–water partition coefficient (Wildman–Crippen LogP) is 4.18. The van der Waals surface area contributed by atoms with E-state index in [0.717, 1.165) is 13.6 Å². The van der Waals surface area contributed by atoms with Gasteiger partial charge in [-0.15, -0.1) is 0 Å². The Morgan fingerprint density at radius 3 is 2.44 bits per heavy atom. The Bertz CT molecular complexity index is 608. The molecule has 18 heavy (non-hydrogen) atoms. The Balaban J connectivity index is 2.49. The summed E-state index contributed by atoms with van der Waals surface area (Å²) in [7, 11) is 0. The van der Waals surface area contributed by atoms with Crippen molar-refractivity contribution < 1.29 is 4.79 Å². The minimum Gasteiger partial charge on any atom is -0.398 e. The third-order valence-corrected chi connectivity index (χ3v) is 3.94. The van der Waals surface area contributed by atoms with Gasteiger partial charge in [-0.2, -0.15) is 0 Å². The zero-order valence-corrected chi connectivity index (χ0v) is 13.4. The molecule has 0 saturated carbocycles. The van der Waals surface area contributed by atoms with E-state index in [1.807, 2.05) is 37.3 Å². The van der Waals surface area contributed by atoms with Crippen molar-refractivity contribution in [3.8, 4) is 0 Å². The monoisotopic (exact) mass is 415 g/mol. The third-order valence-electron chi connectivity index (χ3n) is 2.76. The number of halogens is 2. The van der Waals surface area contributed by atoms with Crippen molar-refractivity contribution in [2.75, 3.05) is 5.73 Å². The molecule has 2 aromatic carbocycles. The van der Waals surface area contributed by atoms with Gasteiger partial charge >= 0.3 is 0 Å². The highest BCUT2D eigenvalue weighted by molar-refractivity contribution is 14.1. The summed E-state index contributed by atoms with van der Waals surface area (Å²) < 4.78 is 1.93. The Morgan fingerprint density at radius 2 is 1.83 bits per heavy atom. The van der Waals surface area contributed by atoms with Gasteiger partial charge in [-0.05, 0) is 71.5 Å². The van der Waals surface area contributed by atoms with Crippen LogP contribution in [0.1, 0.15) is 21.5 Å². The molecule has 0 aliphatic heterocycles. The minimum atomic E-state index is -0.00287. The van der Waals surface area contributed by atoms with Crippen LogP contribution in [0.15, 0.2) is 40.9 Å². The van der Waals surface area contributed by atoms with Crippen molar-refractivity contribution in [1.82, 2.24) is 0 Å². The molecular weight excluding hydrogens is 405 g/mol. The highest BCUT2D eigenvalue weighted by Crippen LogP contribution is 2.25. The molecule has 2 aromatic rings. The molecule has 0 unspecified atom stereocenters. The average molecular weight is 416 g/mol. The first-order valence-corrected chi connectivity index (χ1v) is 7.22. The fraction of sp³-hybridized carbons (Fsp3) is 0.0714. The van der Waals surface area contributed by atoms with Crippen molar-refractivity contribution in [1.29, 1.82) is 0 Å². The first kappa shape index (κ1) is 13.5. The highest BCUT2D eigenvalue weighted by Gasteiger charge is 2.14. The lowest BCUT2D eigenvalue weighted by atomic mass is 9.98. The fourth-order valence-electron chi connectivity index (χ4n) is 1.69. The van der Waals surface area contributed by atoms with Gasteiger partial charge in [0.2, 0.25) is 0 Å². The lowest BCUT2D eigenvalue weighted by molar-refractivity contribution is 0.103. The van der Waals surface area contributed by atoms with E-state index in [4.69, 9.17) is 5.73 Å². The van der Waals surface area contributed by atoms with E-state index in [2.05, 4.69) is 38.5 Å². The second kappa shape index (κ2) is 5.40.